The van der Waals surface area contributed by atoms with Crippen LogP contribution in [0.5, 0.6) is 0 Å². The number of morpholine rings is 1. The number of carbonyl (C=O) groups excluding carboxylic acids is 1. The van der Waals surface area contributed by atoms with Crippen molar-refractivity contribution in [2.45, 2.75) is 20.0 Å². The quantitative estimate of drug-likeness (QED) is 0.773. The number of nitrogens with zero attached hydrogens (tertiary/aromatic N) is 3. The van der Waals surface area contributed by atoms with Crippen molar-refractivity contribution in [1.82, 2.24) is 15.1 Å². The summed E-state index contributed by atoms with van der Waals surface area (Å²) in [6.07, 6.45) is 0.0684. The average molecular weight is 314 g/mol. The van der Waals surface area contributed by atoms with Gasteiger partial charge in [-0.2, -0.15) is 10.2 Å². The molecular formula is C12H16BrN3O2. The summed E-state index contributed by atoms with van der Waals surface area (Å²) in [7, 11) is 0. The van der Waals surface area contributed by atoms with Gasteiger partial charge >= 0.3 is 0 Å². The largest absolute Gasteiger partial charge is 0.374 e. The molecule has 1 amide bonds. The van der Waals surface area contributed by atoms with Crippen LogP contribution >= 0.6 is 15.9 Å². The molecule has 1 aromatic rings. The molecule has 5 nitrogen and oxygen atoms in total. The topological polar surface area (TPSA) is 55.3 Å². The fourth-order valence-corrected chi connectivity index (χ4v) is 2.33. The number of carbonyl (C=O) groups is 1. The zero-order valence-corrected chi connectivity index (χ0v) is 12.1. The summed E-state index contributed by atoms with van der Waals surface area (Å²) >= 11 is 3.38. The van der Waals surface area contributed by atoms with Crippen LogP contribution in [0.15, 0.2) is 6.07 Å². The summed E-state index contributed by atoms with van der Waals surface area (Å²) in [5.41, 5.74) is 2.07. The third kappa shape index (κ3) is 2.87. The van der Waals surface area contributed by atoms with E-state index in [1.165, 1.54) is 0 Å². The molecule has 0 radical (unpaired) electrons. The lowest BCUT2D eigenvalue weighted by molar-refractivity contribution is -0.00971. The molecule has 0 aromatic carbocycles. The van der Waals surface area contributed by atoms with Crippen LogP contribution in [0.3, 0.4) is 0 Å². The van der Waals surface area contributed by atoms with Crippen LogP contribution < -0.4 is 0 Å². The van der Waals surface area contributed by atoms with E-state index >= 15 is 0 Å². The molecule has 1 saturated heterocycles. The van der Waals surface area contributed by atoms with Crippen molar-refractivity contribution in [2.24, 2.45) is 0 Å². The highest BCUT2D eigenvalue weighted by Gasteiger charge is 2.25. The van der Waals surface area contributed by atoms with E-state index in [4.69, 9.17) is 4.74 Å². The molecule has 0 bridgehead atoms. The Labute approximate surface area is 115 Å². The lowest BCUT2D eigenvalue weighted by Gasteiger charge is -2.32. The van der Waals surface area contributed by atoms with Crippen molar-refractivity contribution in [3.63, 3.8) is 0 Å². The van der Waals surface area contributed by atoms with Gasteiger partial charge in [-0.3, -0.25) is 4.79 Å². The number of rotatable bonds is 2. The third-order valence-corrected chi connectivity index (χ3v) is 3.65. The molecule has 1 aliphatic rings. The molecule has 0 aliphatic carbocycles. The van der Waals surface area contributed by atoms with Crippen molar-refractivity contribution in [3.05, 3.63) is 23.0 Å². The van der Waals surface area contributed by atoms with E-state index in [0.29, 0.717) is 31.0 Å². The van der Waals surface area contributed by atoms with Crippen molar-refractivity contribution >= 4 is 21.8 Å². The SMILES string of the molecule is Cc1cc(C(=O)N2CCOC(CBr)C2)c(C)nn1. The Bertz CT molecular complexity index is 453. The second-order valence-electron chi connectivity index (χ2n) is 4.38. The number of hydrogen-bond donors (Lipinski definition) is 0. The predicted molar refractivity (Wildman–Crippen MR) is 70.9 cm³/mol. The van der Waals surface area contributed by atoms with E-state index in [1.54, 1.807) is 6.07 Å². The Hall–Kier alpha value is -1.01. The standard InChI is InChI=1S/C12H16BrN3O2/c1-8-5-11(9(2)15-14-8)12(17)16-3-4-18-10(6-13)7-16/h5,10H,3-4,6-7H2,1-2H3. The van der Waals surface area contributed by atoms with Gasteiger partial charge in [-0.1, -0.05) is 15.9 Å². The van der Waals surface area contributed by atoms with Gasteiger partial charge in [0.05, 0.1) is 29.7 Å². The Kier molecular flexibility index (Phi) is 4.29. The monoisotopic (exact) mass is 313 g/mol. The number of aryl methyl sites for hydroxylation is 2. The van der Waals surface area contributed by atoms with Gasteiger partial charge in [-0.25, -0.2) is 0 Å². The third-order valence-electron chi connectivity index (χ3n) is 2.93. The fraction of sp³-hybridized carbons (Fsp3) is 0.583. The van der Waals surface area contributed by atoms with Crippen LogP contribution in [-0.4, -0.2) is 52.1 Å². The van der Waals surface area contributed by atoms with Crippen molar-refractivity contribution in [3.8, 4) is 0 Å². The average Bonchev–Trinajstić information content (AvgIpc) is 2.41. The number of amides is 1. The summed E-state index contributed by atoms with van der Waals surface area (Å²) in [6, 6.07) is 1.79. The minimum Gasteiger partial charge on any atom is -0.374 e. The van der Waals surface area contributed by atoms with Crippen molar-refractivity contribution in [1.29, 1.82) is 0 Å². The first-order valence-corrected chi connectivity index (χ1v) is 7.01. The highest BCUT2D eigenvalue weighted by molar-refractivity contribution is 9.09. The van der Waals surface area contributed by atoms with Crippen LogP contribution in [0.4, 0.5) is 0 Å². The maximum atomic E-state index is 12.4. The Morgan fingerprint density at radius 2 is 2.33 bits per heavy atom. The van der Waals surface area contributed by atoms with Gasteiger partial charge in [0, 0.05) is 18.4 Å². The van der Waals surface area contributed by atoms with Gasteiger partial charge in [0.25, 0.3) is 5.91 Å². The second-order valence-corrected chi connectivity index (χ2v) is 5.03. The molecule has 2 heterocycles. The molecule has 0 N–H and O–H groups in total. The van der Waals surface area contributed by atoms with Crippen LogP contribution in [0, 0.1) is 13.8 Å². The van der Waals surface area contributed by atoms with Crippen molar-refractivity contribution < 1.29 is 9.53 Å². The van der Waals surface area contributed by atoms with Gasteiger partial charge in [-0.15, -0.1) is 0 Å². The molecule has 1 unspecified atom stereocenters. The maximum Gasteiger partial charge on any atom is 0.256 e. The van der Waals surface area contributed by atoms with Gasteiger partial charge in [0.2, 0.25) is 0 Å². The number of aromatic nitrogens is 2. The summed E-state index contributed by atoms with van der Waals surface area (Å²) in [4.78, 5) is 14.2. The minimum atomic E-state index is 0.0137. The normalized spacial score (nSPS) is 19.9. The molecule has 0 spiro atoms. The Balaban J connectivity index is 2.17. The molecule has 18 heavy (non-hydrogen) atoms. The summed E-state index contributed by atoms with van der Waals surface area (Å²) < 4.78 is 5.53. The van der Waals surface area contributed by atoms with E-state index in [0.717, 1.165) is 11.0 Å². The zero-order valence-electron chi connectivity index (χ0n) is 10.5. The minimum absolute atomic E-state index is 0.0137. The number of hydrogen-bond acceptors (Lipinski definition) is 4. The first-order valence-electron chi connectivity index (χ1n) is 5.89. The van der Waals surface area contributed by atoms with Crippen LogP contribution in [0.25, 0.3) is 0 Å². The van der Waals surface area contributed by atoms with Crippen LogP contribution in [-0.2, 0) is 4.74 Å². The zero-order chi connectivity index (χ0) is 13.1. The molecule has 1 atom stereocenters. The summed E-state index contributed by atoms with van der Waals surface area (Å²) in [5, 5.41) is 8.68. The van der Waals surface area contributed by atoms with E-state index in [-0.39, 0.29) is 12.0 Å². The first-order chi connectivity index (χ1) is 8.61. The number of alkyl halides is 1. The molecule has 6 heteroatoms. The highest BCUT2D eigenvalue weighted by atomic mass is 79.9. The van der Waals surface area contributed by atoms with Gasteiger partial charge < -0.3 is 9.64 Å². The summed E-state index contributed by atoms with van der Waals surface area (Å²) in [6.45, 7) is 5.47. The number of ether oxygens (including phenoxy) is 1. The Morgan fingerprint density at radius 3 is 3.06 bits per heavy atom. The van der Waals surface area contributed by atoms with E-state index in [2.05, 4.69) is 26.1 Å². The molecule has 0 saturated carbocycles. The van der Waals surface area contributed by atoms with Crippen molar-refractivity contribution in [2.75, 3.05) is 25.0 Å². The highest BCUT2D eigenvalue weighted by Crippen LogP contribution is 2.14. The van der Waals surface area contributed by atoms with Gasteiger partial charge in [0.1, 0.15) is 0 Å². The second kappa shape index (κ2) is 5.75. The van der Waals surface area contributed by atoms with Crippen LogP contribution in [0.2, 0.25) is 0 Å². The number of halogens is 1. The van der Waals surface area contributed by atoms with Gasteiger partial charge in [0.15, 0.2) is 0 Å². The first kappa shape index (κ1) is 13.4. The van der Waals surface area contributed by atoms with Gasteiger partial charge in [-0.05, 0) is 19.9 Å². The van der Waals surface area contributed by atoms with E-state index in [1.807, 2.05) is 18.7 Å². The lowest BCUT2D eigenvalue weighted by Crippen LogP contribution is -2.46. The molecular weight excluding hydrogens is 298 g/mol. The fourth-order valence-electron chi connectivity index (χ4n) is 1.93. The summed E-state index contributed by atoms with van der Waals surface area (Å²) in [5.74, 6) is 0.0137. The molecule has 1 aromatic heterocycles. The molecule has 1 fully saturated rings. The van der Waals surface area contributed by atoms with E-state index < -0.39 is 0 Å². The molecule has 2 rings (SSSR count). The van der Waals surface area contributed by atoms with Crippen LogP contribution in [0.1, 0.15) is 21.7 Å². The molecule has 1 aliphatic heterocycles. The smallest absolute Gasteiger partial charge is 0.256 e. The Morgan fingerprint density at radius 1 is 1.56 bits per heavy atom. The lowest BCUT2D eigenvalue weighted by atomic mass is 10.1. The maximum absolute atomic E-state index is 12.4. The van der Waals surface area contributed by atoms with E-state index in [9.17, 15) is 4.79 Å². The molecule has 98 valence electrons. The predicted octanol–water partition coefficient (Wildman–Crippen LogP) is 1.33.